The summed E-state index contributed by atoms with van der Waals surface area (Å²) in [4.78, 5) is 114. The molecular weight excluding hydrogens is 929 g/mol. The minimum absolute atomic E-state index is 0.0326. The van der Waals surface area contributed by atoms with Gasteiger partial charge in [0.15, 0.2) is 0 Å². The molecule has 0 saturated carbocycles. The molecule has 0 bridgehead atoms. The molecule has 8 N–H and O–H groups in total. The van der Waals surface area contributed by atoms with Gasteiger partial charge in [0.1, 0.15) is 24.2 Å². The molecule has 2 aliphatic carbocycles. The lowest BCUT2D eigenvalue weighted by molar-refractivity contribution is -0.144. The summed E-state index contributed by atoms with van der Waals surface area (Å²) in [6.07, 6.45) is 5.59. The van der Waals surface area contributed by atoms with Crippen molar-refractivity contribution in [3.63, 3.8) is 0 Å². The zero-order valence-electron chi connectivity index (χ0n) is 44.7. The Morgan fingerprint density at radius 2 is 1.03 bits per heavy atom. The van der Waals surface area contributed by atoms with Gasteiger partial charge < -0.3 is 52.3 Å². The minimum Gasteiger partial charge on any atom is -0.351 e. The molecule has 4 aliphatic rings. The summed E-state index contributed by atoms with van der Waals surface area (Å²) in [6.45, 7) is 14.4. The number of hydrogen-bond acceptors (Lipinski definition) is 10. The highest BCUT2D eigenvalue weighted by Gasteiger charge is 2.47. The van der Waals surface area contributed by atoms with E-state index in [1.807, 2.05) is 57.2 Å². The fraction of sp³-hybridized carbons (Fsp3) is 0.636. The number of likely N-dealkylation sites (N-methyl/N-ethyl adjacent to an activating group) is 2. The van der Waals surface area contributed by atoms with Crippen LogP contribution >= 0.6 is 0 Å². The Hall–Kier alpha value is -5.88. The summed E-state index contributed by atoms with van der Waals surface area (Å²) in [6, 6.07) is 9.54. The van der Waals surface area contributed by atoms with Gasteiger partial charge >= 0.3 is 0 Å². The summed E-state index contributed by atoms with van der Waals surface area (Å²) in [5, 5.41) is 24.1. The minimum atomic E-state index is -0.973. The zero-order chi connectivity index (χ0) is 53.4. The van der Waals surface area contributed by atoms with Crippen molar-refractivity contribution in [2.75, 3.05) is 27.2 Å². The lowest BCUT2D eigenvalue weighted by Crippen LogP contribution is -2.59. The third-order valence-corrected chi connectivity index (χ3v) is 15.2. The van der Waals surface area contributed by atoms with Crippen LogP contribution in [-0.4, -0.2) is 133 Å². The van der Waals surface area contributed by atoms with Crippen molar-refractivity contribution < 1.29 is 38.4 Å². The van der Waals surface area contributed by atoms with E-state index in [9.17, 15) is 38.4 Å². The maximum absolute atomic E-state index is 14.6. The van der Waals surface area contributed by atoms with Crippen LogP contribution in [-0.2, 0) is 51.2 Å². The molecule has 6 rings (SSSR count). The second-order valence-electron chi connectivity index (χ2n) is 22.6. The summed E-state index contributed by atoms with van der Waals surface area (Å²) >= 11 is 0. The van der Waals surface area contributed by atoms with Crippen LogP contribution in [0, 0.1) is 10.8 Å². The van der Waals surface area contributed by atoms with Crippen molar-refractivity contribution in [2.24, 2.45) is 10.8 Å². The first-order chi connectivity index (χ1) is 34.5. The van der Waals surface area contributed by atoms with Crippen LogP contribution < -0.4 is 42.5 Å². The molecule has 10 atom stereocenters. The molecule has 18 heteroatoms. The first kappa shape index (κ1) is 56.4. The fourth-order valence-corrected chi connectivity index (χ4v) is 10.9. The van der Waals surface area contributed by atoms with Crippen LogP contribution in [0.25, 0.3) is 0 Å². The van der Waals surface area contributed by atoms with Gasteiger partial charge in [0.25, 0.3) is 0 Å². The quantitative estimate of drug-likeness (QED) is 0.102. The molecule has 2 fully saturated rings. The summed E-state index contributed by atoms with van der Waals surface area (Å²) in [5.41, 5.74) is 2.86. The van der Waals surface area contributed by atoms with Gasteiger partial charge in [0.2, 0.25) is 47.3 Å². The van der Waals surface area contributed by atoms with Crippen LogP contribution in [0.2, 0.25) is 0 Å². The van der Waals surface area contributed by atoms with Crippen LogP contribution in [0.1, 0.15) is 148 Å². The normalized spacial score (nSPS) is 23.4. The number of fused-ring (bicyclic) bond motifs is 2. The standard InChI is InChI=1S/C55H82N10O8/c1-11-40(60-48(68)32(2)56-9)52(72)64-30-36(26-43(64)50(70)61-41-24-16-20-34-18-12-14-22-38(34)41)58-45(66)28-55(7,8)29-46(67)59-37-27-44(51(71)62-42-25-17-21-35-19-13-15-23-39(35)42)65(31-37)53(73)47(54(4,5)6)63-49(69)33(3)57-10/h12-15,18-19,22-23,32-33,36-37,40-44,47,56-57H,11,16-17,20-21,24-31H2,1-10H3,(H,58,66)(H,59,67)(H,60,68)(H,61,70)(H,62,71)(H,63,69)/t32-,33-,36?,37-,40-,41+,42?,43-,44-,47?/m0/s1. The SMILES string of the molecule is CC[C@H](NC(=O)[C@H](C)NC)C(=O)N1CC(NC(=O)CC(C)(C)CC(=O)N[C@H]2C[C@@H](C(=O)NC3CCCc4ccccc43)N(C(=O)C(NC(=O)[C@H](C)NC)C(C)(C)C)C2)C[C@H]1C(=O)N[C@@H]1CCCc2ccccc21. The van der Waals surface area contributed by atoms with E-state index < -0.39 is 71.0 Å². The number of carbonyl (C=O) groups excluding carboxylic acids is 8. The molecule has 18 nitrogen and oxygen atoms in total. The maximum atomic E-state index is 14.6. The third kappa shape index (κ3) is 14.2. The van der Waals surface area contributed by atoms with E-state index in [0.29, 0.717) is 6.42 Å². The van der Waals surface area contributed by atoms with Crippen molar-refractivity contribution in [3.8, 4) is 0 Å². The number of hydrogen-bond donors (Lipinski definition) is 8. The molecular formula is C55H82N10O8. The van der Waals surface area contributed by atoms with E-state index in [1.54, 1.807) is 48.7 Å². The molecule has 2 aromatic carbocycles. The van der Waals surface area contributed by atoms with Gasteiger partial charge in [0.05, 0.1) is 24.2 Å². The topological polar surface area (TPSA) is 239 Å². The highest BCUT2D eigenvalue weighted by Crippen LogP contribution is 2.34. The Morgan fingerprint density at radius 1 is 0.603 bits per heavy atom. The van der Waals surface area contributed by atoms with Gasteiger partial charge in [-0.3, -0.25) is 38.4 Å². The number of likely N-dealkylation sites (tertiary alicyclic amines) is 2. The van der Waals surface area contributed by atoms with Gasteiger partial charge in [0, 0.05) is 38.0 Å². The summed E-state index contributed by atoms with van der Waals surface area (Å²) in [5.74, 6) is -2.93. The van der Waals surface area contributed by atoms with Crippen LogP contribution in [0.5, 0.6) is 0 Å². The van der Waals surface area contributed by atoms with Crippen molar-refractivity contribution in [1.29, 1.82) is 0 Å². The Kier molecular flexibility index (Phi) is 18.9. The summed E-state index contributed by atoms with van der Waals surface area (Å²) < 4.78 is 0. The molecule has 73 heavy (non-hydrogen) atoms. The molecule has 400 valence electrons. The molecule has 2 saturated heterocycles. The fourth-order valence-electron chi connectivity index (χ4n) is 10.9. The van der Waals surface area contributed by atoms with E-state index in [-0.39, 0.29) is 86.3 Å². The Balaban J connectivity index is 1.13. The molecule has 8 amide bonds. The van der Waals surface area contributed by atoms with Crippen molar-refractivity contribution in [1.82, 2.24) is 52.3 Å². The molecule has 0 spiro atoms. The van der Waals surface area contributed by atoms with E-state index in [1.165, 1.54) is 20.9 Å². The molecule has 2 heterocycles. The monoisotopic (exact) mass is 1010 g/mol. The molecule has 0 aromatic heterocycles. The maximum Gasteiger partial charge on any atom is 0.246 e. The Labute approximate surface area is 431 Å². The smallest absolute Gasteiger partial charge is 0.246 e. The number of benzene rings is 2. The first-order valence-corrected chi connectivity index (χ1v) is 26.4. The lowest BCUT2D eigenvalue weighted by atomic mass is 9.84. The van der Waals surface area contributed by atoms with E-state index in [0.717, 1.165) is 49.7 Å². The van der Waals surface area contributed by atoms with Gasteiger partial charge in [-0.1, -0.05) is 90.1 Å². The number of nitrogens with zero attached hydrogens (tertiary/aromatic N) is 2. The second kappa shape index (κ2) is 24.4. The van der Waals surface area contributed by atoms with Gasteiger partial charge in [-0.15, -0.1) is 0 Å². The first-order valence-electron chi connectivity index (χ1n) is 26.4. The molecule has 2 aliphatic heterocycles. The van der Waals surface area contributed by atoms with Crippen LogP contribution in [0.3, 0.4) is 0 Å². The van der Waals surface area contributed by atoms with Crippen molar-refractivity contribution in [2.45, 2.75) is 186 Å². The van der Waals surface area contributed by atoms with Gasteiger partial charge in [-0.05, 0) is 119 Å². The largest absolute Gasteiger partial charge is 0.351 e. The Morgan fingerprint density at radius 3 is 1.45 bits per heavy atom. The van der Waals surface area contributed by atoms with Crippen LogP contribution in [0.15, 0.2) is 48.5 Å². The molecule has 3 unspecified atom stereocenters. The average Bonchev–Trinajstić information content (AvgIpc) is 3.97. The Bertz CT molecular complexity index is 2350. The van der Waals surface area contributed by atoms with Crippen molar-refractivity contribution in [3.05, 3.63) is 70.8 Å². The van der Waals surface area contributed by atoms with Gasteiger partial charge in [-0.2, -0.15) is 0 Å². The lowest BCUT2D eigenvalue weighted by Gasteiger charge is -2.36. The number of nitrogens with one attached hydrogen (secondary N) is 8. The van der Waals surface area contributed by atoms with Crippen molar-refractivity contribution >= 4 is 47.3 Å². The van der Waals surface area contributed by atoms with E-state index in [4.69, 9.17) is 0 Å². The van der Waals surface area contributed by atoms with E-state index in [2.05, 4.69) is 54.7 Å². The molecule has 0 radical (unpaired) electrons. The average molecular weight is 1010 g/mol. The predicted molar refractivity (Wildman–Crippen MR) is 278 cm³/mol. The highest BCUT2D eigenvalue weighted by atomic mass is 16.2. The number of carbonyl (C=O) groups is 8. The predicted octanol–water partition coefficient (Wildman–Crippen LogP) is 2.99. The second-order valence-corrected chi connectivity index (χ2v) is 22.6. The number of amides is 8. The summed E-state index contributed by atoms with van der Waals surface area (Å²) in [7, 11) is 3.31. The van der Waals surface area contributed by atoms with Gasteiger partial charge in [-0.25, -0.2) is 0 Å². The van der Waals surface area contributed by atoms with Crippen LogP contribution in [0.4, 0.5) is 0 Å². The van der Waals surface area contributed by atoms with E-state index >= 15 is 0 Å². The number of aryl methyl sites for hydroxylation is 2. The third-order valence-electron chi connectivity index (χ3n) is 15.2. The number of rotatable bonds is 19. The molecule has 2 aromatic rings. The zero-order valence-corrected chi connectivity index (χ0v) is 44.7. The highest BCUT2D eigenvalue weighted by molar-refractivity contribution is 5.95.